The van der Waals surface area contributed by atoms with Gasteiger partial charge in [0.2, 0.25) is 0 Å². The third kappa shape index (κ3) is 4.83. The lowest BCUT2D eigenvalue weighted by atomic mass is 9.84. The Morgan fingerprint density at radius 1 is 1.22 bits per heavy atom. The second-order valence-corrected chi connectivity index (χ2v) is 9.47. The number of ether oxygens (including phenoxy) is 2. The van der Waals surface area contributed by atoms with E-state index in [1.54, 1.807) is 6.07 Å². The summed E-state index contributed by atoms with van der Waals surface area (Å²) in [5.74, 6) is -3.60. The van der Waals surface area contributed by atoms with Crippen LogP contribution in [-0.2, 0) is 19.8 Å². The van der Waals surface area contributed by atoms with E-state index in [-0.39, 0.29) is 34.6 Å². The fourth-order valence-electron chi connectivity index (χ4n) is 4.45. The van der Waals surface area contributed by atoms with E-state index in [0.29, 0.717) is 24.5 Å². The number of rotatable bonds is 7. The number of guanidine groups is 1. The van der Waals surface area contributed by atoms with Crippen LogP contribution in [0.2, 0.25) is 5.02 Å². The molecule has 2 aromatic carbocycles. The van der Waals surface area contributed by atoms with Gasteiger partial charge in [0.1, 0.15) is 18.2 Å². The number of nitrogens with two attached hydrogens (primary N) is 1. The van der Waals surface area contributed by atoms with Crippen molar-refractivity contribution in [1.82, 2.24) is 9.80 Å². The van der Waals surface area contributed by atoms with Gasteiger partial charge in [-0.1, -0.05) is 17.7 Å². The first-order valence-corrected chi connectivity index (χ1v) is 11.7. The van der Waals surface area contributed by atoms with Gasteiger partial charge < -0.3 is 20.1 Å². The minimum Gasteiger partial charge on any atom is -0.465 e. The maximum atomic E-state index is 14.2. The van der Waals surface area contributed by atoms with Crippen molar-refractivity contribution < 1.29 is 32.6 Å². The highest BCUT2D eigenvalue weighted by Gasteiger charge is 2.59. The minimum absolute atomic E-state index is 0.0217. The summed E-state index contributed by atoms with van der Waals surface area (Å²) >= 11 is 6.17. The predicted octanol–water partition coefficient (Wildman–Crippen LogP) is 3.61. The zero-order chi connectivity index (χ0) is 27.1. The van der Waals surface area contributed by atoms with Crippen molar-refractivity contribution in [2.75, 3.05) is 27.8 Å². The number of hydrogen-bond acceptors (Lipinski definition) is 7. The summed E-state index contributed by atoms with van der Waals surface area (Å²) in [7, 11) is 4.17. The predicted molar refractivity (Wildman–Crippen MR) is 130 cm³/mol. The largest absolute Gasteiger partial charge is 0.465 e. The van der Waals surface area contributed by atoms with Crippen LogP contribution in [0.3, 0.4) is 0 Å². The summed E-state index contributed by atoms with van der Waals surface area (Å²) in [6.45, 7) is -0.362. The molecule has 0 spiro atoms. The molecule has 4 rings (SSSR count). The highest BCUT2D eigenvalue weighted by Crippen LogP contribution is 2.53. The van der Waals surface area contributed by atoms with E-state index in [1.807, 2.05) is 0 Å². The molecular weight excluding hydrogens is 510 g/mol. The van der Waals surface area contributed by atoms with Crippen LogP contribution >= 0.6 is 11.6 Å². The van der Waals surface area contributed by atoms with Crippen LogP contribution in [0.15, 0.2) is 41.4 Å². The van der Waals surface area contributed by atoms with E-state index in [9.17, 15) is 23.2 Å². The molecule has 2 aromatic rings. The molecular formula is C25H25ClF2N4O5. The highest BCUT2D eigenvalue weighted by molar-refractivity contribution is 6.33. The topological polar surface area (TPSA) is 115 Å². The van der Waals surface area contributed by atoms with E-state index >= 15 is 0 Å². The Bertz CT molecular complexity index is 1280. The average molecular weight is 535 g/mol. The van der Waals surface area contributed by atoms with Gasteiger partial charge in [-0.3, -0.25) is 9.69 Å². The fourth-order valence-corrected chi connectivity index (χ4v) is 4.65. The molecule has 1 fully saturated rings. The van der Waals surface area contributed by atoms with Gasteiger partial charge in [0.05, 0.1) is 23.7 Å². The van der Waals surface area contributed by atoms with E-state index < -0.39 is 41.2 Å². The number of nitrogens with zero attached hydrogens (tertiary/aromatic N) is 3. The lowest BCUT2D eigenvalue weighted by molar-refractivity contribution is -0.134. The van der Waals surface area contributed by atoms with E-state index in [0.717, 1.165) is 17.0 Å². The molecule has 2 aliphatic rings. The van der Waals surface area contributed by atoms with E-state index in [1.165, 1.54) is 38.2 Å². The van der Waals surface area contributed by atoms with Crippen molar-refractivity contribution in [1.29, 1.82) is 0 Å². The number of halogens is 3. The third-order valence-electron chi connectivity index (χ3n) is 6.38. The molecule has 37 heavy (non-hydrogen) atoms. The molecule has 1 aliphatic carbocycles. The molecule has 0 saturated heterocycles. The second kappa shape index (κ2) is 9.97. The number of methoxy groups -OCH3 is 1. The van der Waals surface area contributed by atoms with Crippen molar-refractivity contribution in [2.45, 2.75) is 24.4 Å². The number of hydrogen-bond donors (Lipinski definition) is 1. The standard InChI is InChI=1S/C25H25ClF2N4O5/c1-31(2)24(35)37-12-20(13-4-7-19(26)18(8-13)21(33)36-3)32-22(34)25(14-5-6-14,30-23(32)29)15-9-16(27)11-17(28)10-15/h4,7-11,14,20H,5-6,12H2,1-3H3,(H2,29,30)/t20-,25-/m1/s1. The van der Waals surface area contributed by atoms with Crippen molar-refractivity contribution in [3.8, 4) is 0 Å². The highest BCUT2D eigenvalue weighted by atomic mass is 35.5. The van der Waals surface area contributed by atoms with Crippen LogP contribution in [0.4, 0.5) is 13.6 Å². The summed E-state index contributed by atoms with van der Waals surface area (Å²) in [5.41, 5.74) is 5.05. The monoisotopic (exact) mass is 534 g/mol. The van der Waals surface area contributed by atoms with Gasteiger partial charge in [-0.15, -0.1) is 0 Å². The normalized spacial score (nSPS) is 19.9. The number of esters is 1. The summed E-state index contributed by atoms with van der Waals surface area (Å²) in [6.07, 6.45) is 0.514. The Morgan fingerprint density at radius 3 is 2.43 bits per heavy atom. The van der Waals surface area contributed by atoms with Crippen molar-refractivity contribution >= 4 is 35.5 Å². The van der Waals surface area contributed by atoms with E-state index in [2.05, 4.69) is 4.99 Å². The van der Waals surface area contributed by atoms with E-state index in [4.69, 9.17) is 26.8 Å². The van der Waals surface area contributed by atoms with Gasteiger partial charge in [-0.05, 0) is 54.2 Å². The second-order valence-electron chi connectivity index (χ2n) is 9.06. The number of carbonyl (C=O) groups excluding carboxylic acids is 3. The van der Waals surface area contributed by atoms with Gasteiger partial charge in [0.15, 0.2) is 11.5 Å². The Morgan fingerprint density at radius 2 is 1.86 bits per heavy atom. The SMILES string of the molecule is COC(=O)c1cc([C@@H](COC(=O)N(C)C)N2C(=O)[C@](c3cc(F)cc(F)c3)(C3CC3)N=C2N)ccc1Cl. The smallest absolute Gasteiger partial charge is 0.409 e. The molecule has 0 unspecified atom stereocenters. The van der Waals surface area contributed by atoms with Gasteiger partial charge >= 0.3 is 12.1 Å². The number of amides is 2. The molecule has 1 aliphatic heterocycles. The Kier molecular flexibility index (Phi) is 7.09. The number of aliphatic imine (C=N–C) groups is 1. The lowest BCUT2D eigenvalue weighted by Gasteiger charge is -2.32. The Balaban J connectivity index is 1.81. The summed E-state index contributed by atoms with van der Waals surface area (Å²) in [4.78, 5) is 45.4. The van der Waals surface area contributed by atoms with Crippen LogP contribution < -0.4 is 5.73 Å². The van der Waals surface area contributed by atoms with Gasteiger partial charge in [0, 0.05) is 20.2 Å². The summed E-state index contributed by atoms with van der Waals surface area (Å²) in [5, 5.41) is 0.108. The molecule has 0 radical (unpaired) electrons. The van der Waals surface area contributed by atoms with Crippen LogP contribution in [0.1, 0.15) is 40.4 Å². The fraction of sp³-hybridized carbons (Fsp3) is 0.360. The molecule has 2 amide bonds. The third-order valence-corrected chi connectivity index (χ3v) is 6.70. The lowest BCUT2D eigenvalue weighted by Crippen LogP contribution is -2.47. The van der Waals surface area contributed by atoms with Crippen LogP contribution in [-0.4, -0.2) is 61.5 Å². The molecule has 1 saturated carbocycles. The van der Waals surface area contributed by atoms with Gasteiger partial charge in [-0.2, -0.15) is 0 Å². The minimum atomic E-state index is -1.64. The molecule has 196 valence electrons. The first-order chi connectivity index (χ1) is 17.5. The number of benzene rings is 2. The summed E-state index contributed by atoms with van der Waals surface area (Å²) < 4.78 is 38.6. The first kappa shape index (κ1) is 26.3. The van der Waals surface area contributed by atoms with Crippen LogP contribution in [0.25, 0.3) is 0 Å². The zero-order valence-electron chi connectivity index (χ0n) is 20.3. The van der Waals surface area contributed by atoms with Gasteiger partial charge in [0.25, 0.3) is 5.91 Å². The molecule has 12 heteroatoms. The zero-order valence-corrected chi connectivity index (χ0v) is 21.1. The Labute approximate surface area is 216 Å². The maximum Gasteiger partial charge on any atom is 0.409 e. The quantitative estimate of drug-likeness (QED) is 0.543. The van der Waals surface area contributed by atoms with Crippen molar-refractivity contribution in [3.63, 3.8) is 0 Å². The first-order valence-electron chi connectivity index (χ1n) is 11.4. The molecule has 2 atom stereocenters. The summed E-state index contributed by atoms with van der Waals surface area (Å²) in [6, 6.07) is 6.19. The van der Waals surface area contributed by atoms with Crippen molar-refractivity contribution in [2.24, 2.45) is 16.6 Å². The van der Waals surface area contributed by atoms with Crippen LogP contribution in [0, 0.1) is 17.6 Å². The van der Waals surface area contributed by atoms with Crippen molar-refractivity contribution in [3.05, 3.63) is 69.7 Å². The van der Waals surface area contributed by atoms with Crippen LogP contribution in [0.5, 0.6) is 0 Å². The molecule has 0 bridgehead atoms. The molecule has 9 nitrogen and oxygen atoms in total. The molecule has 2 N–H and O–H groups in total. The average Bonchev–Trinajstić information content (AvgIpc) is 3.65. The molecule has 1 heterocycles. The Hall–Kier alpha value is -3.73. The maximum absolute atomic E-state index is 14.2. The number of carbonyl (C=O) groups is 3. The van der Waals surface area contributed by atoms with Gasteiger partial charge in [-0.25, -0.2) is 23.4 Å². The molecule has 0 aromatic heterocycles.